The minimum Gasteiger partial charge on any atom is -0.392 e. The van der Waals surface area contributed by atoms with Gasteiger partial charge in [-0.15, -0.1) is 0 Å². The zero-order valence-corrected chi connectivity index (χ0v) is 25.6. The summed E-state index contributed by atoms with van der Waals surface area (Å²) in [6.45, 7) is 2.31. The quantitative estimate of drug-likeness (QED) is 0.140. The predicted octanol–water partition coefficient (Wildman–Crippen LogP) is 6.53. The molecule has 1 saturated heterocycles. The van der Waals surface area contributed by atoms with Gasteiger partial charge in [0.15, 0.2) is 11.4 Å². The van der Waals surface area contributed by atoms with Crippen LogP contribution in [0.15, 0.2) is 84.3 Å². The Hall–Kier alpha value is -2.63. The van der Waals surface area contributed by atoms with Crippen LogP contribution in [-0.4, -0.2) is 41.8 Å². The number of thioether (sulfide) groups is 1. The van der Waals surface area contributed by atoms with Crippen LogP contribution in [0.2, 0.25) is 0 Å². The third kappa shape index (κ3) is 7.47. The molecule has 42 heavy (non-hydrogen) atoms. The lowest BCUT2D eigenvalue weighted by molar-refractivity contribution is -0.268. The number of aliphatic hydroxyl groups is 1. The molecular weight excluding hydrogens is 619 g/mol. The molecule has 0 unspecified atom stereocenters. The third-order valence-corrected chi connectivity index (χ3v) is 8.59. The van der Waals surface area contributed by atoms with Gasteiger partial charge in [-0.2, -0.15) is 5.10 Å². The second-order valence-electron chi connectivity index (χ2n) is 9.88. The first kappa shape index (κ1) is 30.8. The molecule has 5 rings (SSSR count). The molecule has 1 fully saturated rings. The first-order valence-electron chi connectivity index (χ1n) is 13.2. The Kier molecular flexibility index (Phi) is 10.1. The normalized spacial score (nSPS) is 20.8. The van der Waals surface area contributed by atoms with Crippen molar-refractivity contribution in [2.45, 2.75) is 47.5 Å². The number of carbonyl (C=O) groups excluding carboxylic acids is 1. The van der Waals surface area contributed by atoms with E-state index in [0.29, 0.717) is 5.75 Å². The van der Waals surface area contributed by atoms with E-state index in [1.54, 1.807) is 11.8 Å². The summed E-state index contributed by atoms with van der Waals surface area (Å²) in [6.07, 6.45) is 0.526. The number of benzene rings is 3. The summed E-state index contributed by atoms with van der Waals surface area (Å²) < 4.78 is 11.0. The van der Waals surface area contributed by atoms with Crippen LogP contribution in [0.4, 0.5) is 0 Å². The minimum atomic E-state index is -2.03. The van der Waals surface area contributed by atoms with Crippen molar-refractivity contribution in [1.82, 2.24) is 20.5 Å². The molecule has 3 aromatic carbocycles. The summed E-state index contributed by atoms with van der Waals surface area (Å²) in [5, 5.41) is 19.7. The number of hydrogen-bond acceptors (Lipinski definition) is 7. The number of aromatic amines is 1. The third-order valence-electron chi connectivity index (χ3n) is 7.11. The highest BCUT2D eigenvalue weighted by Crippen LogP contribution is 2.43. The average molecular weight is 648 g/mol. The van der Waals surface area contributed by atoms with E-state index in [-0.39, 0.29) is 31.3 Å². The van der Waals surface area contributed by atoms with Crippen LogP contribution >= 0.6 is 46.6 Å². The van der Waals surface area contributed by atoms with E-state index >= 15 is 0 Å². The van der Waals surface area contributed by atoms with E-state index in [1.807, 2.05) is 72.8 Å². The monoisotopic (exact) mass is 646 g/mol. The molecule has 2 heterocycles. The molecule has 0 aliphatic carbocycles. The van der Waals surface area contributed by atoms with Gasteiger partial charge in [0.25, 0.3) is 9.70 Å². The summed E-state index contributed by atoms with van der Waals surface area (Å²) in [5.41, 5.74) is 5.51. The average Bonchev–Trinajstić information content (AvgIpc) is 3.53. The molecule has 1 aromatic heterocycles. The van der Waals surface area contributed by atoms with Gasteiger partial charge < -0.3 is 19.9 Å². The van der Waals surface area contributed by atoms with Crippen molar-refractivity contribution in [3.05, 3.63) is 101 Å². The summed E-state index contributed by atoms with van der Waals surface area (Å²) >= 11 is 18.7. The summed E-state index contributed by atoms with van der Waals surface area (Å²) in [5.74, 6) is 0.0214. The first-order chi connectivity index (χ1) is 20.2. The van der Waals surface area contributed by atoms with Gasteiger partial charge >= 0.3 is 0 Å². The van der Waals surface area contributed by atoms with Gasteiger partial charge in [0, 0.05) is 23.8 Å². The first-order valence-corrected chi connectivity index (χ1v) is 15.4. The SMILES string of the molecule is C[C@H]1[C@@H](CSc2ncn[nH]2)O[C@@H](c2ccc(-c3ccccc3CNC(=O)C(Cl)(Cl)Cl)cc2)O[C@H]1c1ccc(CO)cc1. The Bertz CT molecular complexity index is 1470. The molecule has 0 bridgehead atoms. The molecule has 220 valence electrons. The van der Waals surface area contributed by atoms with Crippen molar-refractivity contribution in [1.29, 1.82) is 0 Å². The smallest absolute Gasteiger partial charge is 0.272 e. The van der Waals surface area contributed by atoms with E-state index in [2.05, 4.69) is 27.4 Å². The largest absolute Gasteiger partial charge is 0.392 e. The predicted molar refractivity (Wildman–Crippen MR) is 164 cm³/mol. The number of H-pyrrole nitrogens is 1. The fourth-order valence-electron chi connectivity index (χ4n) is 4.79. The van der Waals surface area contributed by atoms with Crippen LogP contribution in [0.25, 0.3) is 11.1 Å². The van der Waals surface area contributed by atoms with Crippen molar-refractivity contribution >= 4 is 52.5 Å². The van der Waals surface area contributed by atoms with Crippen LogP contribution in [0.1, 0.15) is 41.6 Å². The van der Waals surface area contributed by atoms with E-state index < -0.39 is 16.0 Å². The number of aromatic nitrogens is 3. The number of rotatable bonds is 9. The van der Waals surface area contributed by atoms with Crippen molar-refractivity contribution < 1.29 is 19.4 Å². The lowest BCUT2D eigenvalue weighted by Gasteiger charge is -2.41. The van der Waals surface area contributed by atoms with Gasteiger partial charge in [-0.3, -0.25) is 9.89 Å². The number of amides is 1. The molecule has 8 nitrogen and oxygen atoms in total. The van der Waals surface area contributed by atoms with Gasteiger partial charge in [-0.1, -0.05) is 126 Å². The molecule has 4 atom stereocenters. The molecule has 12 heteroatoms. The van der Waals surface area contributed by atoms with Crippen LogP contribution in [0.3, 0.4) is 0 Å². The van der Waals surface area contributed by atoms with Crippen LogP contribution in [0.5, 0.6) is 0 Å². The number of hydrogen-bond donors (Lipinski definition) is 3. The summed E-state index contributed by atoms with van der Waals surface area (Å²) in [6, 6.07) is 23.5. The maximum atomic E-state index is 12.1. The number of aliphatic hydroxyl groups excluding tert-OH is 1. The molecule has 1 aliphatic rings. The number of ether oxygens (including phenoxy) is 2. The van der Waals surface area contributed by atoms with E-state index in [0.717, 1.165) is 38.5 Å². The number of carbonyl (C=O) groups is 1. The van der Waals surface area contributed by atoms with Crippen LogP contribution < -0.4 is 5.32 Å². The van der Waals surface area contributed by atoms with Crippen molar-refractivity contribution in [2.24, 2.45) is 5.92 Å². The Morgan fingerprint density at radius 2 is 1.74 bits per heavy atom. The van der Waals surface area contributed by atoms with Gasteiger partial charge in [-0.25, -0.2) is 4.98 Å². The van der Waals surface area contributed by atoms with Gasteiger partial charge in [0.2, 0.25) is 0 Å². The topological polar surface area (TPSA) is 109 Å². The molecule has 0 spiro atoms. The lowest BCUT2D eigenvalue weighted by atomic mass is 9.91. The molecule has 0 saturated carbocycles. The highest BCUT2D eigenvalue weighted by Gasteiger charge is 2.38. The number of nitrogens with one attached hydrogen (secondary N) is 2. The summed E-state index contributed by atoms with van der Waals surface area (Å²) in [7, 11) is 0. The molecule has 1 amide bonds. The Balaban J connectivity index is 1.36. The van der Waals surface area contributed by atoms with E-state index in [4.69, 9.17) is 44.3 Å². The number of nitrogens with zero attached hydrogens (tertiary/aromatic N) is 2. The second-order valence-corrected chi connectivity index (χ2v) is 13.2. The van der Waals surface area contributed by atoms with Crippen LogP contribution in [-0.2, 0) is 27.4 Å². The van der Waals surface area contributed by atoms with Gasteiger partial charge in [0.1, 0.15) is 6.33 Å². The fourth-order valence-corrected chi connectivity index (χ4v) is 5.93. The van der Waals surface area contributed by atoms with Crippen molar-refractivity contribution in [2.75, 3.05) is 5.75 Å². The maximum Gasteiger partial charge on any atom is 0.272 e. The van der Waals surface area contributed by atoms with Crippen molar-refractivity contribution in [3.8, 4) is 11.1 Å². The highest BCUT2D eigenvalue weighted by atomic mass is 35.6. The number of halogens is 3. The van der Waals surface area contributed by atoms with E-state index in [9.17, 15) is 9.90 Å². The molecule has 3 N–H and O–H groups in total. The minimum absolute atomic E-state index is 0.0156. The van der Waals surface area contributed by atoms with Crippen molar-refractivity contribution in [3.63, 3.8) is 0 Å². The Morgan fingerprint density at radius 3 is 2.40 bits per heavy atom. The van der Waals surface area contributed by atoms with E-state index in [1.165, 1.54) is 6.33 Å². The second kappa shape index (κ2) is 13.8. The lowest BCUT2D eigenvalue weighted by Crippen LogP contribution is -2.38. The summed E-state index contributed by atoms with van der Waals surface area (Å²) in [4.78, 5) is 16.3. The van der Waals surface area contributed by atoms with Gasteiger partial charge in [-0.05, 0) is 27.8 Å². The molecule has 1 aliphatic heterocycles. The standard InChI is InChI=1S/C30H29Cl3N4O4S/c1-18-25(16-42-29-35-17-36-37-29)40-27(41-26(18)21-8-6-19(15-38)7-9-21)22-12-10-20(11-13-22)24-5-3-2-4-23(24)14-34-28(39)30(31,32)33/h2-13,17-18,25-27,38H,14-16H2,1H3,(H,34,39)(H,35,36,37)/t18-,25+,26+,27+/m0/s1. The number of alkyl halides is 3. The molecule has 4 aromatic rings. The fraction of sp³-hybridized carbons (Fsp3) is 0.300. The van der Waals surface area contributed by atoms with Crippen LogP contribution in [0, 0.1) is 5.92 Å². The molecule has 0 radical (unpaired) electrons. The van der Waals surface area contributed by atoms with Gasteiger partial charge in [0.05, 0.1) is 18.8 Å². The zero-order chi connectivity index (χ0) is 29.7. The maximum absolute atomic E-state index is 12.1. The molecular formula is C30H29Cl3N4O4S. The zero-order valence-electron chi connectivity index (χ0n) is 22.5. The Morgan fingerprint density at radius 1 is 1.02 bits per heavy atom. The Labute approximate surface area is 263 Å². The highest BCUT2D eigenvalue weighted by molar-refractivity contribution is 7.99.